The Hall–Kier alpha value is -2.04. The van der Waals surface area contributed by atoms with Gasteiger partial charge in [0.1, 0.15) is 5.71 Å². The Balaban J connectivity index is 2.19. The number of carbonyl (C=O) groups excluding carboxylic acids is 1. The highest BCUT2D eigenvalue weighted by Crippen LogP contribution is 2.60. The van der Waals surface area contributed by atoms with Crippen LogP contribution in [0.15, 0.2) is 35.0 Å². The van der Waals surface area contributed by atoms with Gasteiger partial charge >= 0.3 is 0 Å². The molecule has 2 rings (SSSR count). The van der Waals surface area contributed by atoms with Crippen LogP contribution in [0.1, 0.15) is 78.4 Å². The van der Waals surface area contributed by atoms with Crippen molar-refractivity contribution in [3.63, 3.8) is 0 Å². The van der Waals surface area contributed by atoms with Crippen molar-refractivity contribution >= 4 is 17.2 Å². The lowest BCUT2D eigenvalue weighted by molar-refractivity contribution is -0.124. The number of nitrogens with zero attached hydrogens (tertiary/aromatic N) is 2. The smallest absolute Gasteiger partial charge is 0.278 e. The first kappa shape index (κ1) is 23.2. The fourth-order valence-corrected chi connectivity index (χ4v) is 3.35. The normalized spacial score (nSPS) is 17.0. The van der Waals surface area contributed by atoms with E-state index in [0.29, 0.717) is 25.1 Å². The number of halogens is 2. The van der Waals surface area contributed by atoms with Crippen molar-refractivity contribution in [2.24, 2.45) is 10.4 Å². The van der Waals surface area contributed by atoms with Crippen molar-refractivity contribution in [2.75, 3.05) is 13.1 Å². The molecule has 0 spiro atoms. The predicted molar refractivity (Wildman–Crippen MR) is 116 cm³/mol. The average molecular weight is 405 g/mol. The SMILES string of the molecule is CCCCN(CC)C(=O)C(C)=N/C(C)=C(\C)c1ccc(C(F)(F)C2(C)CC2)cc1. The van der Waals surface area contributed by atoms with E-state index in [1.807, 2.05) is 20.8 Å². The third kappa shape index (κ3) is 5.12. The van der Waals surface area contributed by atoms with Gasteiger partial charge in [0.15, 0.2) is 0 Å². The minimum Gasteiger partial charge on any atom is -0.338 e. The van der Waals surface area contributed by atoms with Crippen LogP contribution in [-0.4, -0.2) is 29.6 Å². The summed E-state index contributed by atoms with van der Waals surface area (Å²) < 4.78 is 29.2. The van der Waals surface area contributed by atoms with Crippen molar-refractivity contribution in [1.29, 1.82) is 0 Å². The quantitative estimate of drug-likeness (QED) is 0.436. The molecule has 1 aromatic rings. The van der Waals surface area contributed by atoms with Crippen LogP contribution in [0.5, 0.6) is 0 Å². The Kier molecular flexibility index (Phi) is 7.36. The first-order chi connectivity index (χ1) is 13.6. The third-order valence-corrected chi connectivity index (χ3v) is 6.08. The maximum atomic E-state index is 14.6. The summed E-state index contributed by atoms with van der Waals surface area (Å²) in [5.74, 6) is -2.86. The lowest BCUT2D eigenvalue weighted by atomic mass is 9.92. The second-order valence-corrected chi connectivity index (χ2v) is 8.36. The van der Waals surface area contributed by atoms with Crippen LogP contribution < -0.4 is 0 Å². The van der Waals surface area contributed by atoms with Gasteiger partial charge in [0, 0.05) is 29.8 Å². The molecule has 160 valence electrons. The van der Waals surface area contributed by atoms with Crippen LogP contribution in [0.3, 0.4) is 0 Å². The molecule has 1 saturated carbocycles. The highest BCUT2D eigenvalue weighted by atomic mass is 19.3. The monoisotopic (exact) mass is 404 g/mol. The number of amides is 1. The van der Waals surface area contributed by atoms with Gasteiger partial charge in [0.2, 0.25) is 0 Å². The van der Waals surface area contributed by atoms with Gasteiger partial charge in [-0.2, -0.15) is 0 Å². The molecule has 0 N–H and O–H groups in total. The molecule has 0 unspecified atom stereocenters. The van der Waals surface area contributed by atoms with Crippen LogP contribution in [0.4, 0.5) is 8.78 Å². The molecule has 0 aliphatic heterocycles. The van der Waals surface area contributed by atoms with Crippen LogP contribution in [-0.2, 0) is 10.7 Å². The van der Waals surface area contributed by atoms with Gasteiger partial charge in [-0.1, -0.05) is 44.5 Å². The number of rotatable bonds is 9. The molecular weight excluding hydrogens is 370 g/mol. The highest BCUT2D eigenvalue weighted by Gasteiger charge is 2.58. The Morgan fingerprint density at radius 3 is 2.21 bits per heavy atom. The molecule has 0 atom stereocenters. The molecule has 29 heavy (non-hydrogen) atoms. The molecule has 1 aromatic carbocycles. The molecule has 0 bridgehead atoms. The summed E-state index contributed by atoms with van der Waals surface area (Å²) in [7, 11) is 0. The van der Waals surface area contributed by atoms with E-state index in [0.717, 1.165) is 36.2 Å². The summed E-state index contributed by atoms with van der Waals surface area (Å²) >= 11 is 0. The Bertz CT molecular complexity index is 790. The van der Waals surface area contributed by atoms with Crippen molar-refractivity contribution in [2.45, 2.75) is 73.1 Å². The summed E-state index contributed by atoms with van der Waals surface area (Å²) in [6, 6.07) is 6.47. The van der Waals surface area contributed by atoms with Gasteiger partial charge in [0.25, 0.3) is 11.8 Å². The van der Waals surface area contributed by atoms with E-state index >= 15 is 0 Å². The van der Waals surface area contributed by atoms with Crippen molar-refractivity contribution in [3.8, 4) is 0 Å². The molecule has 1 aliphatic carbocycles. The van der Waals surface area contributed by atoms with E-state index in [-0.39, 0.29) is 11.5 Å². The molecule has 3 nitrogen and oxygen atoms in total. The van der Waals surface area contributed by atoms with Crippen LogP contribution in [0.25, 0.3) is 5.57 Å². The number of aliphatic imine (C=N–C) groups is 1. The second kappa shape index (κ2) is 9.19. The number of unbranched alkanes of at least 4 members (excludes halogenated alkanes) is 1. The zero-order valence-corrected chi connectivity index (χ0v) is 18.6. The lowest BCUT2D eigenvalue weighted by Gasteiger charge is -2.23. The average Bonchev–Trinajstić information content (AvgIpc) is 3.47. The Labute approximate surface area is 173 Å². The first-order valence-corrected chi connectivity index (χ1v) is 10.6. The molecule has 0 heterocycles. The zero-order chi connectivity index (χ0) is 21.8. The third-order valence-electron chi connectivity index (χ3n) is 6.08. The summed E-state index contributed by atoms with van der Waals surface area (Å²) in [6.07, 6.45) is 3.13. The topological polar surface area (TPSA) is 32.7 Å². The van der Waals surface area contributed by atoms with Crippen LogP contribution >= 0.6 is 0 Å². The van der Waals surface area contributed by atoms with E-state index < -0.39 is 11.3 Å². The zero-order valence-electron chi connectivity index (χ0n) is 18.6. The summed E-state index contributed by atoms with van der Waals surface area (Å²) in [6.45, 7) is 12.6. The van der Waals surface area contributed by atoms with Crippen molar-refractivity contribution in [1.82, 2.24) is 4.90 Å². The van der Waals surface area contributed by atoms with Crippen LogP contribution in [0, 0.1) is 5.41 Å². The van der Waals surface area contributed by atoms with Crippen molar-refractivity contribution in [3.05, 3.63) is 41.1 Å². The first-order valence-electron chi connectivity index (χ1n) is 10.6. The number of allylic oxidation sites excluding steroid dienone is 2. The summed E-state index contributed by atoms with van der Waals surface area (Å²) in [4.78, 5) is 18.9. The standard InChI is InChI=1S/C24H34F2N2O/c1-7-9-16-28(8-2)22(29)19(5)27-18(4)17(3)20-10-12-21(13-11-20)24(25,26)23(6)14-15-23/h10-13H,7-9,14-16H2,1-6H3/b18-17+,27-19?. The number of hydrogen-bond donors (Lipinski definition) is 0. The number of alkyl halides is 2. The fraction of sp³-hybridized carbons (Fsp3) is 0.583. The fourth-order valence-electron chi connectivity index (χ4n) is 3.35. The lowest BCUT2D eigenvalue weighted by Crippen LogP contribution is -2.36. The van der Waals surface area contributed by atoms with Gasteiger partial charge in [-0.25, -0.2) is 8.78 Å². The predicted octanol–water partition coefficient (Wildman–Crippen LogP) is 6.44. The summed E-state index contributed by atoms with van der Waals surface area (Å²) in [5.41, 5.74) is 2.04. The minimum atomic E-state index is -2.80. The van der Waals surface area contributed by atoms with E-state index in [2.05, 4.69) is 11.9 Å². The molecule has 0 aromatic heterocycles. The van der Waals surface area contributed by atoms with Gasteiger partial charge in [-0.15, -0.1) is 0 Å². The number of hydrogen-bond acceptors (Lipinski definition) is 2. The maximum Gasteiger partial charge on any atom is 0.278 e. The van der Waals surface area contributed by atoms with E-state index in [9.17, 15) is 13.6 Å². The van der Waals surface area contributed by atoms with Gasteiger partial charge < -0.3 is 4.90 Å². The van der Waals surface area contributed by atoms with Gasteiger partial charge in [-0.3, -0.25) is 9.79 Å². The van der Waals surface area contributed by atoms with E-state index in [1.165, 1.54) is 12.1 Å². The van der Waals surface area contributed by atoms with Crippen molar-refractivity contribution < 1.29 is 13.6 Å². The van der Waals surface area contributed by atoms with Gasteiger partial charge in [-0.05, 0) is 58.1 Å². The second-order valence-electron chi connectivity index (χ2n) is 8.36. The summed E-state index contributed by atoms with van der Waals surface area (Å²) in [5, 5.41) is 0. The molecule has 5 heteroatoms. The molecular formula is C24H34F2N2O. The minimum absolute atomic E-state index is 0.0548. The Morgan fingerprint density at radius 1 is 1.14 bits per heavy atom. The molecule has 0 saturated heterocycles. The Morgan fingerprint density at radius 2 is 1.72 bits per heavy atom. The highest BCUT2D eigenvalue weighted by molar-refractivity contribution is 6.38. The van der Waals surface area contributed by atoms with E-state index in [4.69, 9.17) is 0 Å². The van der Waals surface area contributed by atoms with E-state index in [1.54, 1.807) is 30.9 Å². The molecule has 0 radical (unpaired) electrons. The largest absolute Gasteiger partial charge is 0.338 e. The van der Waals surface area contributed by atoms with Crippen LogP contribution in [0.2, 0.25) is 0 Å². The molecule has 1 aliphatic rings. The number of benzene rings is 1. The number of carbonyl (C=O) groups is 1. The van der Waals surface area contributed by atoms with Gasteiger partial charge in [0.05, 0.1) is 0 Å². The molecule has 1 amide bonds. The maximum absolute atomic E-state index is 14.6. The molecule has 1 fully saturated rings.